The van der Waals surface area contributed by atoms with Crippen molar-refractivity contribution in [3.05, 3.63) is 18.0 Å². The summed E-state index contributed by atoms with van der Waals surface area (Å²) in [6, 6.07) is 0.236. The number of halogens is 1. The SMILES string of the molecule is CCNC(=NCC(c1cnn(C)c1)N(C)C)N1CCN(CC(C)C)CC1.I. The van der Waals surface area contributed by atoms with E-state index in [1.165, 1.54) is 12.1 Å². The molecule has 2 heterocycles. The van der Waals surface area contributed by atoms with Crippen LogP contribution in [0.25, 0.3) is 0 Å². The van der Waals surface area contributed by atoms with Gasteiger partial charge in [0.15, 0.2) is 5.96 Å². The van der Waals surface area contributed by atoms with Crippen molar-refractivity contribution in [2.75, 3.05) is 59.9 Å². The molecule has 1 aliphatic rings. The molecule has 1 aromatic rings. The highest BCUT2D eigenvalue weighted by atomic mass is 127. The quantitative estimate of drug-likeness (QED) is 0.359. The molecule has 156 valence electrons. The van der Waals surface area contributed by atoms with Gasteiger partial charge >= 0.3 is 0 Å². The first kappa shape index (κ1) is 24.2. The Morgan fingerprint density at radius 3 is 2.41 bits per heavy atom. The van der Waals surface area contributed by atoms with Gasteiger partial charge in [0.25, 0.3) is 0 Å². The van der Waals surface area contributed by atoms with Crippen molar-refractivity contribution >= 4 is 29.9 Å². The van der Waals surface area contributed by atoms with Gasteiger partial charge in [0.05, 0.1) is 18.8 Å². The normalized spacial score (nSPS) is 17.3. The van der Waals surface area contributed by atoms with E-state index in [4.69, 9.17) is 4.99 Å². The van der Waals surface area contributed by atoms with E-state index < -0.39 is 0 Å². The molecule has 1 aliphatic heterocycles. The van der Waals surface area contributed by atoms with Crippen molar-refractivity contribution in [1.82, 2.24) is 29.8 Å². The van der Waals surface area contributed by atoms with Crippen LogP contribution in [0.3, 0.4) is 0 Å². The monoisotopic (exact) mass is 491 g/mol. The highest BCUT2D eigenvalue weighted by Gasteiger charge is 2.21. The van der Waals surface area contributed by atoms with Crippen molar-refractivity contribution in [3.8, 4) is 0 Å². The molecule has 0 saturated carbocycles. The number of nitrogens with one attached hydrogen (secondary N) is 1. The van der Waals surface area contributed by atoms with Crippen LogP contribution in [0.1, 0.15) is 32.4 Å². The number of aromatic nitrogens is 2. The Bertz CT molecular complexity index is 562. The molecule has 0 bridgehead atoms. The van der Waals surface area contributed by atoms with Gasteiger partial charge < -0.3 is 15.1 Å². The summed E-state index contributed by atoms with van der Waals surface area (Å²) in [5.74, 6) is 1.76. The van der Waals surface area contributed by atoms with Gasteiger partial charge in [0, 0.05) is 58.1 Å². The first-order valence-electron chi connectivity index (χ1n) is 9.81. The summed E-state index contributed by atoms with van der Waals surface area (Å²) in [7, 11) is 6.16. The molecule has 0 amide bonds. The minimum Gasteiger partial charge on any atom is -0.357 e. The molecule has 2 rings (SSSR count). The summed E-state index contributed by atoms with van der Waals surface area (Å²) in [6.07, 6.45) is 4.02. The van der Waals surface area contributed by atoms with Gasteiger partial charge in [-0.1, -0.05) is 13.8 Å². The van der Waals surface area contributed by atoms with E-state index in [1.807, 2.05) is 17.9 Å². The fraction of sp³-hybridized carbons (Fsp3) is 0.789. The summed E-state index contributed by atoms with van der Waals surface area (Å²) in [6.45, 7) is 13.8. The van der Waals surface area contributed by atoms with Crippen LogP contribution in [0, 0.1) is 5.92 Å². The maximum Gasteiger partial charge on any atom is 0.194 e. The molecule has 0 spiro atoms. The van der Waals surface area contributed by atoms with E-state index >= 15 is 0 Å². The lowest BCUT2D eigenvalue weighted by Gasteiger charge is -2.37. The molecule has 1 atom stereocenters. The van der Waals surface area contributed by atoms with E-state index in [-0.39, 0.29) is 30.0 Å². The Balaban J connectivity index is 0.00000364. The van der Waals surface area contributed by atoms with Crippen LogP contribution >= 0.6 is 24.0 Å². The first-order chi connectivity index (χ1) is 12.4. The molecular weight excluding hydrogens is 453 g/mol. The van der Waals surface area contributed by atoms with Crippen LogP contribution in [0.15, 0.2) is 17.4 Å². The van der Waals surface area contributed by atoms with Crippen LogP contribution in [0.4, 0.5) is 0 Å². The highest BCUT2D eigenvalue weighted by Crippen LogP contribution is 2.18. The zero-order chi connectivity index (χ0) is 19.1. The molecule has 1 saturated heterocycles. The lowest BCUT2D eigenvalue weighted by atomic mass is 10.1. The van der Waals surface area contributed by atoms with Gasteiger partial charge in [0.2, 0.25) is 0 Å². The Morgan fingerprint density at radius 1 is 1.26 bits per heavy atom. The molecule has 1 unspecified atom stereocenters. The third-order valence-electron chi connectivity index (χ3n) is 4.78. The molecule has 1 aromatic heterocycles. The molecular formula is C19H38IN7. The Kier molecular flexibility index (Phi) is 10.6. The number of nitrogens with zero attached hydrogens (tertiary/aromatic N) is 6. The molecule has 0 radical (unpaired) electrons. The molecule has 1 N–H and O–H groups in total. The van der Waals surface area contributed by atoms with Gasteiger partial charge in [-0.3, -0.25) is 14.6 Å². The molecule has 0 aromatic carbocycles. The lowest BCUT2D eigenvalue weighted by Crippen LogP contribution is -2.53. The van der Waals surface area contributed by atoms with Gasteiger partial charge in [-0.15, -0.1) is 24.0 Å². The maximum atomic E-state index is 4.96. The van der Waals surface area contributed by atoms with E-state index in [2.05, 4.69) is 66.2 Å². The summed E-state index contributed by atoms with van der Waals surface area (Å²) in [5, 5.41) is 7.79. The summed E-state index contributed by atoms with van der Waals surface area (Å²) < 4.78 is 1.86. The second-order valence-corrected chi connectivity index (χ2v) is 7.80. The number of rotatable bonds is 7. The smallest absolute Gasteiger partial charge is 0.194 e. The van der Waals surface area contributed by atoms with Gasteiger partial charge in [-0.2, -0.15) is 5.10 Å². The largest absolute Gasteiger partial charge is 0.357 e. The zero-order valence-electron chi connectivity index (χ0n) is 17.9. The second-order valence-electron chi connectivity index (χ2n) is 7.80. The number of guanidine groups is 1. The van der Waals surface area contributed by atoms with Crippen molar-refractivity contribution in [1.29, 1.82) is 0 Å². The highest BCUT2D eigenvalue weighted by molar-refractivity contribution is 14.0. The van der Waals surface area contributed by atoms with Crippen molar-refractivity contribution < 1.29 is 0 Å². The fourth-order valence-electron chi connectivity index (χ4n) is 3.44. The van der Waals surface area contributed by atoms with Crippen LogP contribution in [-0.2, 0) is 7.05 Å². The number of hydrogen-bond donors (Lipinski definition) is 1. The van der Waals surface area contributed by atoms with Gasteiger partial charge in [-0.05, 0) is 26.9 Å². The van der Waals surface area contributed by atoms with Crippen LogP contribution in [0.2, 0.25) is 0 Å². The topological polar surface area (TPSA) is 51.9 Å². The summed E-state index contributed by atoms with van der Waals surface area (Å²) in [5.41, 5.74) is 1.21. The molecule has 1 fully saturated rings. The van der Waals surface area contributed by atoms with E-state index in [0.717, 1.165) is 51.1 Å². The number of piperazine rings is 1. The Hall–Kier alpha value is -0.870. The van der Waals surface area contributed by atoms with E-state index in [1.54, 1.807) is 0 Å². The number of likely N-dealkylation sites (N-methyl/N-ethyl adjacent to an activating group) is 1. The minimum atomic E-state index is 0. The van der Waals surface area contributed by atoms with E-state index in [9.17, 15) is 0 Å². The summed E-state index contributed by atoms with van der Waals surface area (Å²) >= 11 is 0. The maximum absolute atomic E-state index is 4.96. The summed E-state index contributed by atoms with van der Waals surface area (Å²) in [4.78, 5) is 12.1. The molecule has 7 nitrogen and oxygen atoms in total. The minimum absolute atomic E-state index is 0. The van der Waals surface area contributed by atoms with Gasteiger partial charge in [0.1, 0.15) is 0 Å². The average Bonchev–Trinajstić information content (AvgIpc) is 3.00. The standard InChI is InChI=1S/C19H37N7.HI/c1-7-20-19(26-10-8-25(9-11-26)14-16(2)3)21-13-18(23(4)5)17-12-22-24(6)15-17;/h12,15-16,18H,7-11,13-14H2,1-6H3,(H,20,21);1H. The third kappa shape index (κ3) is 7.57. The molecule has 0 aliphatic carbocycles. The van der Waals surface area contributed by atoms with Crippen molar-refractivity contribution in [2.24, 2.45) is 18.0 Å². The van der Waals surface area contributed by atoms with Crippen LogP contribution < -0.4 is 5.32 Å². The Morgan fingerprint density at radius 2 is 1.93 bits per heavy atom. The fourth-order valence-corrected chi connectivity index (χ4v) is 3.44. The molecule has 8 heteroatoms. The predicted molar refractivity (Wildman–Crippen MR) is 124 cm³/mol. The van der Waals surface area contributed by atoms with Gasteiger partial charge in [-0.25, -0.2) is 0 Å². The Labute approximate surface area is 182 Å². The lowest BCUT2D eigenvalue weighted by molar-refractivity contribution is 0.163. The first-order valence-corrected chi connectivity index (χ1v) is 9.81. The number of aryl methyl sites for hydroxylation is 1. The zero-order valence-corrected chi connectivity index (χ0v) is 20.2. The number of hydrogen-bond acceptors (Lipinski definition) is 4. The van der Waals surface area contributed by atoms with Crippen molar-refractivity contribution in [2.45, 2.75) is 26.8 Å². The van der Waals surface area contributed by atoms with Crippen LogP contribution in [0.5, 0.6) is 0 Å². The van der Waals surface area contributed by atoms with E-state index in [0.29, 0.717) is 0 Å². The van der Waals surface area contributed by atoms with Crippen molar-refractivity contribution in [3.63, 3.8) is 0 Å². The predicted octanol–water partition coefficient (Wildman–Crippen LogP) is 1.88. The number of aliphatic imine (C=N–C) groups is 1. The molecule has 27 heavy (non-hydrogen) atoms. The van der Waals surface area contributed by atoms with Crippen LogP contribution in [-0.4, -0.2) is 90.3 Å². The third-order valence-corrected chi connectivity index (χ3v) is 4.78. The average molecular weight is 491 g/mol. The second kappa shape index (κ2) is 11.9.